The Balaban J connectivity index is 0. The number of unbranched alkanes of at least 4 members (excludes halogenated alkanes) is 2. The molecule has 0 aromatic rings. The maximum atomic E-state index is 3.68. The van der Waals surface area contributed by atoms with Gasteiger partial charge >= 0.3 is 0 Å². The van der Waals surface area contributed by atoms with Crippen molar-refractivity contribution in [3.63, 3.8) is 0 Å². The standard InChI is InChI=1S/C5H11.Yb/c1-3-5-4-2;/h1,3-5H2,2H3;/q-1;. The molecule has 0 nitrogen and oxygen atoms in total. The summed E-state index contributed by atoms with van der Waals surface area (Å²) in [5.41, 5.74) is 0. The van der Waals surface area contributed by atoms with Crippen LogP contribution in [-0.4, -0.2) is 0 Å². The maximum absolute atomic E-state index is 3.68. The summed E-state index contributed by atoms with van der Waals surface area (Å²) in [6, 6.07) is 0. The van der Waals surface area contributed by atoms with Gasteiger partial charge in [-0.1, -0.05) is 19.8 Å². The van der Waals surface area contributed by atoms with Gasteiger partial charge in [-0.25, -0.2) is 0 Å². The Hall–Kier alpha value is 1.52. The molecule has 0 fully saturated rings. The first kappa shape index (κ1) is 10.5. The van der Waals surface area contributed by atoms with E-state index in [0.29, 0.717) is 0 Å². The van der Waals surface area contributed by atoms with Gasteiger partial charge in [-0.3, -0.25) is 0 Å². The van der Waals surface area contributed by atoms with Gasteiger partial charge in [0.2, 0.25) is 0 Å². The fraction of sp³-hybridized carbons (Fsp3) is 0.800. The summed E-state index contributed by atoms with van der Waals surface area (Å²) in [4.78, 5) is 0. The first-order valence-electron chi connectivity index (χ1n) is 2.21. The summed E-state index contributed by atoms with van der Waals surface area (Å²) in [6.45, 7) is 5.85. The molecule has 0 spiro atoms. The first-order valence-corrected chi connectivity index (χ1v) is 2.21. The Labute approximate surface area is 78.9 Å². The van der Waals surface area contributed by atoms with Crippen molar-refractivity contribution < 1.29 is 46.9 Å². The Morgan fingerprint density at radius 3 is 2.00 bits per heavy atom. The van der Waals surface area contributed by atoms with Crippen molar-refractivity contribution in [3.8, 4) is 0 Å². The minimum absolute atomic E-state index is 0. The van der Waals surface area contributed by atoms with Crippen LogP contribution in [-0.2, 0) is 0 Å². The largest absolute Gasteiger partial charge is 0.343 e. The molecule has 6 heavy (non-hydrogen) atoms. The predicted octanol–water partition coefficient (Wildman–Crippen LogP) is 2.01. The van der Waals surface area contributed by atoms with E-state index in [1.54, 1.807) is 0 Å². The zero-order valence-electron chi connectivity index (χ0n) is 4.10. The SMILES string of the molecule is [CH2-]CCCC.[Yb]. The molecule has 0 radical (unpaired) electrons. The van der Waals surface area contributed by atoms with Gasteiger partial charge in [0.25, 0.3) is 0 Å². The van der Waals surface area contributed by atoms with E-state index in [1.807, 2.05) is 0 Å². The van der Waals surface area contributed by atoms with Crippen molar-refractivity contribution in [2.45, 2.75) is 26.2 Å². The van der Waals surface area contributed by atoms with Crippen LogP contribution in [0.1, 0.15) is 26.2 Å². The zero-order valence-corrected chi connectivity index (χ0v) is 5.81. The van der Waals surface area contributed by atoms with Crippen LogP contribution in [0.5, 0.6) is 0 Å². The molecule has 1 heteroatoms. The quantitative estimate of drug-likeness (QED) is 0.652. The summed E-state index contributed by atoms with van der Waals surface area (Å²) in [6.07, 6.45) is 3.65. The van der Waals surface area contributed by atoms with Crippen molar-refractivity contribution >= 4 is 0 Å². The molecular formula is C5H11Yb-. The normalized spacial score (nSPS) is 7.00. The molecule has 0 saturated heterocycles. The Morgan fingerprint density at radius 1 is 1.50 bits per heavy atom. The molecule has 0 saturated carbocycles. The van der Waals surface area contributed by atoms with Gasteiger partial charge in [0, 0.05) is 46.9 Å². The molecule has 0 aromatic carbocycles. The predicted molar refractivity (Wildman–Crippen MR) is 24.9 cm³/mol. The third-order valence-corrected chi connectivity index (χ3v) is 0.604. The fourth-order valence-corrected chi connectivity index (χ4v) is 0.250. The molecule has 0 heterocycles. The number of hydrogen-bond donors (Lipinski definition) is 0. The topological polar surface area (TPSA) is 0 Å². The Morgan fingerprint density at radius 2 is 2.00 bits per heavy atom. The van der Waals surface area contributed by atoms with Gasteiger partial charge in [-0.2, -0.15) is 6.42 Å². The number of hydrogen-bond acceptors (Lipinski definition) is 0. The van der Waals surface area contributed by atoms with Crippen molar-refractivity contribution in [1.82, 2.24) is 0 Å². The van der Waals surface area contributed by atoms with E-state index in [9.17, 15) is 0 Å². The average Bonchev–Trinajstić information content (AvgIpc) is 1.41. The van der Waals surface area contributed by atoms with Crippen LogP contribution in [0.2, 0.25) is 0 Å². The molecule has 0 amide bonds. The molecule has 0 rings (SSSR count). The van der Waals surface area contributed by atoms with Crippen LogP contribution in [0, 0.1) is 53.8 Å². The van der Waals surface area contributed by atoms with Crippen molar-refractivity contribution in [3.05, 3.63) is 6.92 Å². The van der Waals surface area contributed by atoms with Gasteiger partial charge in [-0.15, -0.1) is 0 Å². The van der Waals surface area contributed by atoms with Crippen LogP contribution < -0.4 is 0 Å². The zero-order chi connectivity index (χ0) is 4.12. The minimum Gasteiger partial charge on any atom is -0.343 e. The molecule has 0 aromatic heterocycles. The van der Waals surface area contributed by atoms with Gasteiger partial charge in [0.05, 0.1) is 0 Å². The molecule has 46 valence electrons. The van der Waals surface area contributed by atoms with Crippen molar-refractivity contribution in [2.75, 3.05) is 0 Å². The molecule has 0 aliphatic rings. The molecule has 0 bridgehead atoms. The van der Waals surface area contributed by atoms with Crippen LogP contribution in [0.25, 0.3) is 0 Å². The monoisotopic (exact) mass is 245 g/mol. The minimum atomic E-state index is 0. The molecule has 0 N–H and O–H groups in total. The number of rotatable bonds is 2. The van der Waals surface area contributed by atoms with Crippen molar-refractivity contribution in [2.24, 2.45) is 0 Å². The summed E-state index contributed by atoms with van der Waals surface area (Å²) in [5.74, 6) is 0. The second-order valence-electron chi connectivity index (χ2n) is 1.21. The van der Waals surface area contributed by atoms with Gasteiger partial charge < -0.3 is 6.92 Å². The maximum Gasteiger partial charge on any atom is 0 e. The Bertz CT molecular complexity index is 11.4. The first-order chi connectivity index (χ1) is 2.41. The summed E-state index contributed by atoms with van der Waals surface area (Å²) in [7, 11) is 0. The van der Waals surface area contributed by atoms with Crippen molar-refractivity contribution in [1.29, 1.82) is 0 Å². The van der Waals surface area contributed by atoms with Crippen LogP contribution in [0.4, 0.5) is 0 Å². The summed E-state index contributed by atoms with van der Waals surface area (Å²) >= 11 is 0. The van der Waals surface area contributed by atoms with E-state index in [4.69, 9.17) is 0 Å². The van der Waals surface area contributed by atoms with Gasteiger partial charge in [0.1, 0.15) is 0 Å². The molecule has 0 unspecified atom stereocenters. The Kier molecular flexibility index (Phi) is 17.0. The molecule has 0 aliphatic heterocycles. The molecule has 0 atom stereocenters. The van der Waals surface area contributed by atoms with Crippen LogP contribution in [0.3, 0.4) is 0 Å². The average molecular weight is 244 g/mol. The van der Waals surface area contributed by atoms with Crippen LogP contribution >= 0.6 is 0 Å². The van der Waals surface area contributed by atoms with E-state index in [2.05, 4.69) is 13.8 Å². The van der Waals surface area contributed by atoms with E-state index < -0.39 is 0 Å². The molecular weight excluding hydrogens is 233 g/mol. The van der Waals surface area contributed by atoms with Gasteiger partial charge in [0.15, 0.2) is 0 Å². The third kappa shape index (κ3) is 9.10. The van der Waals surface area contributed by atoms with Gasteiger partial charge in [-0.05, 0) is 0 Å². The van der Waals surface area contributed by atoms with E-state index >= 15 is 0 Å². The van der Waals surface area contributed by atoms with E-state index in [1.165, 1.54) is 12.8 Å². The van der Waals surface area contributed by atoms with Crippen LogP contribution in [0.15, 0.2) is 0 Å². The smallest absolute Gasteiger partial charge is 0 e. The summed E-state index contributed by atoms with van der Waals surface area (Å²) < 4.78 is 0. The van der Waals surface area contributed by atoms with E-state index in [0.717, 1.165) is 6.42 Å². The van der Waals surface area contributed by atoms with E-state index in [-0.39, 0.29) is 46.9 Å². The second-order valence-corrected chi connectivity index (χ2v) is 1.21. The fourth-order valence-electron chi connectivity index (χ4n) is 0.250. The third-order valence-electron chi connectivity index (χ3n) is 0.604. The molecule has 0 aliphatic carbocycles. The summed E-state index contributed by atoms with van der Waals surface area (Å²) in [5, 5.41) is 0. The second kappa shape index (κ2) is 9.72.